The normalized spacial score (nSPS) is 12.2. The van der Waals surface area contributed by atoms with Gasteiger partial charge >= 0.3 is 0 Å². The number of halogens is 2. The molecule has 0 spiro atoms. The molecule has 116 valence electrons. The minimum atomic E-state index is 0.853. The number of thiazole rings is 1. The van der Waals surface area contributed by atoms with Crippen LogP contribution in [0, 0.1) is 0 Å². The van der Waals surface area contributed by atoms with E-state index in [1.807, 2.05) is 47.3 Å². The van der Waals surface area contributed by atoms with E-state index >= 15 is 0 Å². The van der Waals surface area contributed by atoms with Crippen molar-refractivity contribution in [3.63, 3.8) is 0 Å². The first-order valence-electron chi connectivity index (χ1n) is 6.87. The smallest absolute Gasteiger partial charge is 0.205 e. The van der Waals surface area contributed by atoms with Gasteiger partial charge < -0.3 is 0 Å². The summed E-state index contributed by atoms with van der Waals surface area (Å²) >= 11 is 8.58. The van der Waals surface area contributed by atoms with Crippen molar-refractivity contribution in [1.29, 1.82) is 0 Å². The maximum Gasteiger partial charge on any atom is 0.205 e. The Morgan fingerprint density at radius 3 is 2.48 bits per heavy atom. The molecule has 0 atom stereocenters. The summed E-state index contributed by atoms with van der Waals surface area (Å²) in [4.78, 5) is 5.17. The monoisotopic (exact) mass is 449 g/mol. The Hall–Kier alpha value is -1.50. The van der Waals surface area contributed by atoms with Crippen LogP contribution in [0.4, 0.5) is 0 Å². The Balaban J connectivity index is 2.06. The highest BCUT2D eigenvalue weighted by Crippen LogP contribution is 2.22. The van der Waals surface area contributed by atoms with Gasteiger partial charge in [0.2, 0.25) is 4.80 Å². The molecule has 0 N–H and O–H groups in total. The van der Waals surface area contributed by atoms with Gasteiger partial charge in [-0.3, -0.25) is 4.99 Å². The van der Waals surface area contributed by atoms with Gasteiger partial charge in [0.15, 0.2) is 0 Å². The third-order valence-electron chi connectivity index (χ3n) is 3.23. The average molecular weight is 451 g/mol. The van der Waals surface area contributed by atoms with Gasteiger partial charge in [-0.15, -0.1) is 11.3 Å². The van der Waals surface area contributed by atoms with Crippen LogP contribution < -0.4 is 4.80 Å². The molecule has 3 nitrogen and oxygen atoms in total. The third-order valence-corrected chi connectivity index (χ3v) is 5.39. The van der Waals surface area contributed by atoms with Crippen LogP contribution >= 0.6 is 43.2 Å². The minimum absolute atomic E-state index is 0.853. The fourth-order valence-electron chi connectivity index (χ4n) is 2.08. The molecule has 2 aromatic carbocycles. The Morgan fingerprint density at radius 2 is 1.78 bits per heavy atom. The van der Waals surface area contributed by atoms with Gasteiger partial charge in [0.1, 0.15) is 0 Å². The number of aromatic nitrogens is 1. The lowest BCUT2D eigenvalue weighted by atomic mass is 10.2. The summed E-state index contributed by atoms with van der Waals surface area (Å²) in [5.41, 5.74) is 3.14. The van der Waals surface area contributed by atoms with E-state index in [0.29, 0.717) is 0 Å². The maximum atomic E-state index is 4.63. The van der Waals surface area contributed by atoms with E-state index in [9.17, 15) is 0 Å². The second kappa shape index (κ2) is 7.38. The maximum absolute atomic E-state index is 4.63. The summed E-state index contributed by atoms with van der Waals surface area (Å²) in [6.45, 7) is 0. The van der Waals surface area contributed by atoms with Crippen molar-refractivity contribution >= 4 is 49.4 Å². The lowest BCUT2D eigenvalue weighted by Crippen LogP contribution is -2.11. The second-order valence-electron chi connectivity index (χ2n) is 4.71. The van der Waals surface area contributed by atoms with E-state index < -0.39 is 0 Å². The van der Waals surface area contributed by atoms with Gasteiger partial charge in [0, 0.05) is 32.5 Å². The molecule has 0 saturated carbocycles. The first kappa shape index (κ1) is 16.4. The van der Waals surface area contributed by atoms with Crippen molar-refractivity contribution in [2.24, 2.45) is 10.1 Å². The van der Waals surface area contributed by atoms with Crippen LogP contribution in [0.2, 0.25) is 0 Å². The Morgan fingerprint density at radius 1 is 1.04 bits per heavy atom. The fraction of sp³-hybridized carbons (Fsp3) is 0.0588. The molecule has 0 fully saturated rings. The van der Waals surface area contributed by atoms with E-state index in [2.05, 4.69) is 59.5 Å². The average Bonchev–Trinajstić information content (AvgIpc) is 2.98. The summed E-state index contributed by atoms with van der Waals surface area (Å²) in [5.74, 6) is 0. The number of rotatable bonds is 3. The second-order valence-corrected chi connectivity index (χ2v) is 7.32. The van der Waals surface area contributed by atoms with Crippen LogP contribution in [-0.4, -0.2) is 17.9 Å². The zero-order valence-electron chi connectivity index (χ0n) is 12.3. The van der Waals surface area contributed by atoms with Crippen molar-refractivity contribution in [2.45, 2.75) is 0 Å². The predicted molar refractivity (Wildman–Crippen MR) is 104 cm³/mol. The summed E-state index contributed by atoms with van der Waals surface area (Å²) in [7, 11) is 1.78. The highest BCUT2D eigenvalue weighted by atomic mass is 79.9. The van der Waals surface area contributed by atoms with Crippen LogP contribution in [-0.2, 0) is 0 Å². The zero-order chi connectivity index (χ0) is 16.2. The largest absolute Gasteiger partial charge is 0.261 e. The Bertz CT molecular complexity index is 908. The molecule has 3 rings (SSSR count). The molecule has 0 unspecified atom stereocenters. The lowest BCUT2D eigenvalue weighted by molar-refractivity contribution is 0.848. The van der Waals surface area contributed by atoms with Crippen molar-refractivity contribution in [3.8, 4) is 11.3 Å². The molecule has 23 heavy (non-hydrogen) atoms. The molecule has 0 aliphatic heterocycles. The summed E-state index contributed by atoms with van der Waals surface area (Å²) in [6.07, 6.45) is 1.84. The summed E-state index contributed by atoms with van der Waals surface area (Å²) < 4.78 is 3.94. The number of nitrogens with zero attached hydrogens (tertiary/aromatic N) is 3. The van der Waals surface area contributed by atoms with Crippen LogP contribution in [0.1, 0.15) is 5.56 Å². The molecule has 1 heterocycles. The van der Waals surface area contributed by atoms with E-state index in [4.69, 9.17) is 0 Å². The molecular formula is C17H13Br2N3S. The molecule has 1 aromatic heterocycles. The van der Waals surface area contributed by atoms with Gasteiger partial charge in [-0.05, 0) is 18.2 Å². The van der Waals surface area contributed by atoms with Crippen molar-refractivity contribution in [2.75, 3.05) is 7.05 Å². The van der Waals surface area contributed by atoms with Gasteiger partial charge in [-0.1, -0.05) is 62.2 Å². The molecule has 0 radical (unpaired) electrons. The fourth-order valence-corrected chi connectivity index (χ4v) is 3.54. The first-order chi connectivity index (χ1) is 11.2. The Labute approximate surface area is 155 Å². The van der Waals surface area contributed by atoms with E-state index in [1.165, 1.54) is 0 Å². The molecule has 3 aromatic rings. The van der Waals surface area contributed by atoms with E-state index in [0.717, 1.165) is 30.6 Å². The van der Waals surface area contributed by atoms with Crippen molar-refractivity contribution < 1.29 is 0 Å². The number of hydrogen-bond acceptors (Lipinski definition) is 3. The first-order valence-corrected chi connectivity index (χ1v) is 9.34. The van der Waals surface area contributed by atoms with Crippen LogP contribution in [0.15, 0.2) is 73.0 Å². The highest BCUT2D eigenvalue weighted by Gasteiger charge is 2.07. The molecule has 0 aliphatic rings. The minimum Gasteiger partial charge on any atom is -0.261 e. The van der Waals surface area contributed by atoms with Gasteiger partial charge in [0.25, 0.3) is 0 Å². The standard InChI is InChI=1S/C17H13Br2N3S/c1-20-17-22(21-10-13-4-2-3-5-15(13)19)16(11-23-17)12-6-8-14(18)9-7-12/h2-11H,1H3. The van der Waals surface area contributed by atoms with Gasteiger partial charge in [0.05, 0.1) is 11.9 Å². The quantitative estimate of drug-likeness (QED) is 0.493. The zero-order valence-corrected chi connectivity index (χ0v) is 16.3. The van der Waals surface area contributed by atoms with Crippen LogP contribution in [0.3, 0.4) is 0 Å². The lowest BCUT2D eigenvalue weighted by Gasteiger charge is -2.04. The molecular weight excluding hydrogens is 438 g/mol. The highest BCUT2D eigenvalue weighted by molar-refractivity contribution is 9.10. The van der Waals surface area contributed by atoms with Crippen LogP contribution in [0.5, 0.6) is 0 Å². The third kappa shape index (κ3) is 3.71. The molecule has 0 amide bonds. The van der Waals surface area contributed by atoms with Crippen molar-refractivity contribution in [3.05, 3.63) is 73.2 Å². The SMILES string of the molecule is CN=c1scc(-c2ccc(Br)cc2)n1N=Cc1ccccc1Br. The number of hydrogen-bond donors (Lipinski definition) is 0. The predicted octanol–water partition coefficient (Wildman–Crippen LogP) is 5.15. The molecule has 0 saturated heterocycles. The molecule has 0 bridgehead atoms. The van der Waals surface area contributed by atoms with Gasteiger partial charge in [-0.25, -0.2) is 4.68 Å². The van der Waals surface area contributed by atoms with E-state index in [-0.39, 0.29) is 0 Å². The van der Waals surface area contributed by atoms with Gasteiger partial charge in [-0.2, -0.15) is 5.10 Å². The molecule has 0 aliphatic carbocycles. The number of benzene rings is 2. The summed E-state index contributed by atoms with van der Waals surface area (Å²) in [6, 6.07) is 16.2. The molecule has 6 heteroatoms. The van der Waals surface area contributed by atoms with Crippen molar-refractivity contribution in [1.82, 2.24) is 4.68 Å². The summed E-state index contributed by atoms with van der Waals surface area (Å²) in [5, 5.41) is 6.71. The Kier molecular flexibility index (Phi) is 5.25. The topological polar surface area (TPSA) is 29.6 Å². The van der Waals surface area contributed by atoms with E-state index in [1.54, 1.807) is 18.4 Å². The van der Waals surface area contributed by atoms with Crippen LogP contribution in [0.25, 0.3) is 11.3 Å².